The van der Waals surface area contributed by atoms with E-state index in [-0.39, 0.29) is 11.8 Å². The first kappa shape index (κ1) is 20.6. The van der Waals surface area contributed by atoms with Gasteiger partial charge in [-0.1, -0.05) is 32.0 Å². The molecule has 1 aromatic heterocycles. The number of piperazine rings is 1. The van der Waals surface area contributed by atoms with Gasteiger partial charge in [0.25, 0.3) is 0 Å². The Hall–Kier alpha value is -3.09. The number of nitrogens with zero attached hydrogens (tertiary/aromatic N) is 4. The fourth-order valence-electron chi connectivity index (χ4n) is 3.19. The Bertz CT molecular complexity index is 811. The Labute approximate surface area is 172 Å². The molecule has 2 N–H and O–H groups in total. The van der Waals surface area contributed by atoms with Gasteiger partial charge in [0, 0.05) is 57.6 Å². The van der Waals surface area contributed by atoms with Gasteiger partial charge in [-0.05, 0) is 29.8 Å². The summed E-state index contributed by atoms with van der Waals surface area (Å²) >= 11 is 0. The first-order chi connectivity index (χ1) is 14.1. The Morgan fingerprint density at radius 1 is 1.10 bits per heavy atom. The van der Waals surface area contributed by atoms with Crippen LogP contribution in [0, 0.1) is 5.92 Å². The number of nitrogens with one attached hydrogen (secondary N) is 2. The molecule has 0 bridgehead atoms. The molecule has 0 atom stereocenters. The molecule has 3 rings (SSSR count). The molecule has 0 spiro atoms. The highest BCUT2D eigenvalue weighted by Crippen LogP contribution is 2.13. The molecular weight excluding hydrogens is 364 g/mol. The largest absolute Gasteiger partial charge is 0.353 e. The van der Waals surface area contributed by atoms with Crippen molar-refractivity contribution in [2.75, 3.05) is 43.4 Å². The van der Waals surface area contributed by atoms with Gasteiger partial charge < -0.3 is 20.4 Å². The minimum Gasteiger partial charge on any atom is -0.353 e. The van der Waals surface area contributed by atoms with E-state index in [0.29, 0.717) is 6.54 Å². The summed E-state index contributed by atoms with van der Waals surface area (Å²) in [5, 5.41) is 6.36. The summed E-state index contributed by atoms with van der Waals surface area (Å²) < 4.78 is 0. The minimum absolute atomic E-state index is 0.0288. The normalized spacial score (nSPS) is 14.8. The van der Waals surface area contributed by atoms with Crippen molar-refractivity contribution >= 4 is 23.4 Å². The van der Waals surface area contributed by atoms with Gasteiger partial charge in [0.2, 0.25) is 5.91 Å². The van der Waals surface area contributed by atoms with E-state index in [1.165, 1.54) is 0 Å². The third kappa shape index (κ3) is 5.70. The summed E-state index contributed by atoms with van der Waals surface area (Å²) in [6, 6.07) is 13.9. The van der Waals surface area contributed by atoms with Crippen molar-refractivity contribution in [3.63, 3.8) is 0 Å². The molecule has 2 aromatic rings. The number of aromatic nitrogens is 1. The lowest BCUT2D eigenvalue weighted by atomic mass is 10.1. The van der Waals surface area contributed by atoms with Crippen molar-refractivity contribution in [1.82, 2.24) is 15.2 Å². The van der Waals surface area contributed by atoms with Crippen molar-refractivity contribution in [1.29, 1.82) is 0 Å². The Morgan fingerprint density at radius 3 is 2.41 bits per heavy atom. The van der Waals surface area contributed by atoms with Crippen LogP contribution in [0.5, 0.6) is 0 Å². The molecule has 0 unspecified atom stereocenters. The van der Waals surface area contributed by atoms with Crippen molar-refractivity contribution in [2.24, 2.45) is 10.9 Å². The van der Waals surface area contributed by atoms with E-state index in [4.69, 9.17) is 0 Å². The summed E-state index contributed by atoms with van der Waals surface area (Å²) in [4.78, 5) is 25.2. The van der Waals surface area contributed by atoms with Crippen LogP contribution >= 0.6 is 0 Å². The number of pyridine rings is 1. The highest BCUT2D eigenvalue weighted by atomic mass is 16.1. The number of anilines is 2. The molecule has 0 aliphatic carbocycles. The van der Waals surface area contributed by atoms with E-state index in [2.05, 4.69) is 36.5 Å². The highest BCUT2D eigenvalue weighted by Gasteiger charge is 2.20. The minimum atomic E-state index is -0.0298. The van der Waals surface area contributed by atoms with Gasteiger partial charge in [-0.3, -0.25) is 9.79 Å². The van der Waals surface area contributed by atoms with Crippen LogP contribution in [-0.4, -0.2) is 55.0 Å². The number of hydrogen-bond acceptors (Lipinski definition) is 4. The van der Waals surface area contributed by atoms with E-state index in [0.717, 1.165) is 49.2 Å². The van der Waals surface area contributed by atoms with Crippen molar-refractivity contribution in [3.05, 3.63) is 54.2 Å². The second-order valence-corrected chi connectivity index (χ2v) is 7.40. The fourth-order valence-corrected chi connectivity index (χ4v) is 3.19. The third-order valence-electron chi connectivity index (χ3n) is 4.96. The standard InChI is InChI=1S/C22H30N6O/c1-17(2)21(29)26-19-9-7-18(8-10-19)16-25-22(23-3)28-14-12-27(13-15-28)20-6-4-5-11-24-20/h4-11,17H,12-16H2,1-3H3,(H,23,25)(H,26,29). The SMILES string of the molecule is CN=C(NCc1ccc(NC(=O)C(C)C)cc1)N1CCN(c2ccccn2)CC1. The monoisotopic (exact) mass is 394 g/mol. The smallest absolute Gasteiger partial charge is 0.226 e. The number of carbonyl (C=O) groups is 1. The molecule has 1 saturated heterocycles. The summed E-state index contributed by atoms with van der Waals surface area (Å²) in [5.74, 6) is 1.93. The quantitative estimate of drug-likeness (QED) is 0.602. The lowest BCUT2D eigenvalue weighted by Gasteiger charge is -2.37. The van der Waals surface area contributed by atoms with Crippen LogP contribution in [0.15, 0.2) is 53.7 Å². The molecule has 1 amide bonds. The summed E-state index contributed by atoms with van der Waals surface area (Å²) in [6.45, 7) is 8.09. The first-order valence-corrected chi connectivity index (χ1v) is 10.1. The Morgan fingerprint density at radius 2 is 1.83 bits per heavy atom. The molecule has 0 radical (unpaired) electrons. The van der Waals surface area contributed by atoms with Gasteiger partial charge >= 0.3 is 0 Å². The summed E-state index contributed by atoms with van der Waals surface area (Å²) in [6.07, 6.45) is 1.84. The summed E-state index contributed by atoms with van der Waals surface area (Å²) in [5.41, 5.74) is 1.96. The van der Waals surface area contributed by atoms with E-state index < -0.39 is 0 Å². The van der Waals surface area contributed by atoms with Crippen LogP contribution in [0.3, 0.4) is 0 Å². The molecule has 1 aromatic carbocycles. The maximum Gasteiger partial charge on any atom is 0.226 e. The fraction of sp³-hybridized carbons (Fsp3) is 0.409. The molecule has 7 nitrogen and oxygen atoms in total. The number of aliphatic imine (C=N–C) groups is 1. The van der Waals surface area contributed by atoms with E-state index in [1.54, 1.807) is 0 Å². The van der Waals surface area contributed by atoms with Crippen molar-refractivity contribution in [2.45, 2.75) is 20.4 Å². The molecule has 29 heavy (non-hydrogen) atoms. The number of rotatable bonds is 5. The zero-order valence-electron chi connectivity index (χ0n) is 17.4. The van der Waals surface area contributed by atoms with Crippen LogP contribution in [0.2, 0.25) is 0 Å². The number of amides is 1. The zero-order valence-corrected chi connectivity index (χ0v) is 17.4. The second-order valence-electron chi connectivity index (χ2n) is 7.40. The van der Waals surface area contributed by atoms with Crippen LogP contribution in [-0.2, 0) is 11.3 Å². The number of carbonyl (C=O) groups excluding carboxylic acids is 1. The van der Waals surface area contributed by atoms with E-state index >= 15 is 0 Å². The maximum absolute atomic E-state index is 11.8. The molecule has 2 heterocycles. The number of hydrogen-bond donors (Lipinski definition) is 2. The van der Waals surface area contributed by atoms with Gasteiger partial charge in [0.1, 0.15) is 5.82 Å². The summed E-state index contributed by atoms with van der Waals surface area (Å²) in [7, 11) is 1.82. The van der Waals surface area contributed by atoms with Crippen molar-refractivity contribution in [3.8, 4) is 0 Å². The van der Waals surface area contributed by atoms with Gasteiger partial charge in [0.15, 0.2) is 5.96 Å². The third-order valence-corrected chi connectivity index (χ3v) is 4.96. The second kappa shape index (κ2) is 9.91. The molecule has 1 fully saturated rings. The van der Waals surface area contributed by atoms with Crippen LogP contribution < -0.4 is 15.5 Å². The predicted octanol–water partition coefficient (Wildman–Crippen LogP) is 2.57. The van der Waals surface area contributed by atoms with Crippen LogP contribution in [0.4, 0.5) is 11.5 Å². The van der Waals surface area contributed by atoms with Gasteiger partial charge in [-0.25, -0.2) is 4.98 Å². The highest BCUT2D eigenvalue weighted by molar-refractivity contribution is 5.92. The van der Waals surface area contributed by atoms with Crippen LogP contribution in [0.1, 0.15) is 19.4 Å². The molecule has 0 saturated carbocycles. The lowest BCUT2D eigenvalue weighted by Crippen LogP contribution is -2.52. The average molecular weight is 395 g/mol. The molecular formula is C22H30N6O. The topological polar surface area (TPSA) is 72.9 Å². The van der Waals surface area contributed by atoms with Gasteiger partial charge in [-0.2, -0.15) is 0 Å². The molecule has 154 valence electrons. The number of guanidine groups is 1. The predicted molar refractivity (Wildman–Crippen MR) is 118 cm³/mol. The van der Waals surface area contributed by atoms with Crippen LogP contribution in [0.25, 0.3) is 0 Å². The van der Waals surface area contributed by atoms with Crippen molar-refractivity contribution < 1.29 is 4.79 Å². The number of benzene rings is 1. The van der Waals surface area contributed by atoms with E-state index in [9.17, 15) is 4.79 Å². The lowest BCUT2D eigenvalue weighted by molar-refractivity contribution is -0.118. The zero-order chi connectivity index (χ0) is 20.6. The Balaban J connectivity index is 1.49. The average Bonchev–Trinajstić information content (AvgIpc) is 2.76. The van der Waals surface area contributed by atoms with Gasteiger partial charge in [0.05, 0.1) is 0 Å². The van der Waals surface area contributed by atoms with Gasteiger partial charge in [-0.15, -0.1) is 0 Å². The first-order valence-electron chi connectivity index (χ1n) is 10.1. The Kier molecular flexibility index (Phi) is 7.05. The molecule has 1 aliphatic heterocycles. The molecule has 1 aliphatic rings. The van der Waals surface area contributed by atoms with E-state index in [1.807, 2.05) is 63.5 Å². The molecule has 7 heteroatoms. The maximum atomic E-state index is 11.8.